The molecule has 0 spiro atoms. The quantitative estimate of drug-likeness (QED) is 0.605. The third-order valence-electron chi connectivity index (χ3n) is 1.50. The van der Waals surface area contributed by atoms with Crippen molar-refractivity contribution >= 4 is 9.84 Å². The molecule has 74 valence electrons. The molecule has 0 atom stereocenters. The summed E-state index contributed by atoms with van der Waals surface area (Å²) in [4.78, 5) is 0. The minimum Gasteiger partial charge on any atom is -0.330 e. The first-order chi connectivity index (χ1) is 5.62. The van der Waals surface area contributed by atoms with Gasteiger partial charge in [-0.15, -0.1) is 0 Å². The van der Waals surface area contributed by atoms with Crippen LogP contribution in [0.1, 0.15) is 19.3 Å². The van der Waals surface area contributed by atoms with Crippen LogP contribution in [0.3, 0.4) is 0 Å². The van der Waals surface area contributed by atoms with E-state index in [4.69, 9.17) is 5.73 Å². The first kappa shape index (κ1) is 11.8. The average molecular weight is 197 g/mol. The maximum absolute atomic E-state index is 11.6. The lowest BCUT2D eigenvalue weighted by Crippen LogP contribution is -2.14. The number of alkyl halides is 1. The van der Waals surface area contributed by atoms with Crippen LogP contribution < -0.4 is 5.73 Å². The molecule has 0 fully saturated rings. The van der Waals surface area contributed by atoms with Crippen molar-refractivity contribution in [1.82, 2.24) is 0 Å². The van der Waals surface area contributed by atoms with Crippen LogP contribution in [0.2, 0.25) is 0 Å². The van der Waals surface area contributed by atoms with E-state index >= 15 is 0 Å². The molecule has 0 saturated heterocycles. The number of unbranched alkanes of at least 4 members (excludes halogenated alkanes) is 1. The summed E-state index contributed by atoms with van der Waals surface area (Å²) in [6, 6.07) is 0. The van der Waals surface area contributed by atoms with E-state index in [9.17, 15) is 12.8 Å². The minimum atomic E-state index is -2.96. The Morgan fingerprint density at radius 2 is 1.67 bits per heavy atom. The Bertz CT molecular complexity index is 192. The number of rotatable bonds is 7. The molecule has 2 N–H and O–H groups in total. The molecule has 0 aromatic rings. The van der Waals surface area contributed by atoms with E-state index in [0.29, 0.717) is 25.8 Å². The van der Waals surface area contributed by atoms with Crippen LogP contribution >= 0.6 is 0 Å². The zero-order chi connectivity index (χ0) is 9.45. The van der Waals surface area contributed by atoms with E-state index in [0.717, 1.165) is 0 Å². The smallest absolute Gasteiger partial charge is 0.150 e. The minimum absolute atomic E-state index is 0.0942. The highest BCUT2D eigenvalue weighted by atomic mass is 32.2. The topological polar surface area (TPSA) is 60.2 Å². The van der Waals surface area contributed by atoms with Crippen LogP contribution in [0.4, 0.5) is 4.39 Å². The maximum atomic E-state index is 11.6. The predicted octanol–water partition coefficient (Wildman–Crippen LogP) is 0.500. The molecule has 0 aliphatic heterocycles. The lowest BCUT2D eigenvalue weighted by Gasteiger charge is -2.01. The highest BCUT2D eigenvalue weighted by molar-refractivity contribution is 7.91. The first-order valence-electron chi connectivity index (χ1n) is 4.09. The lowest BCUT2D eigenvalue weighted by atomic mass is 10.4. The van der Waals surface area contributed by atoms with Gasteiger partial charge >= 0.3 is 0 Å². The predicted molar refractivity (Wildman–Crippen MR) is 47.5 cm³/mol. The van der Waals surface area contributed by atoms with E-state index in [-0.39, 0.29) is 11.5 Å². The molecule has 0 aliphatic rings. The zero-order valence-electron chi connectivity index (χ0n) is 7.13. The fraction of sp³-hybridized carbons (Fsp3) is 1.00. The Hall–Kier alpha value is -0.160. The maximum Gasteiger partial charge on any atom is 0.150 e. The van der Waals surface area contributed by atoms with E-state index < -0.39 is 16.5 Å². The molecule has 0 rings (SSSR count). The average Bonchev–Trinajstić information content (AvgIpc) is 2.01. The molecule has 0 amide bonds. The fourth-order valence-electron chi connectivity index (χ4n) is 0.822. The summed E-state index contributed by atoms with van der Waals surface area (Å²) >= 11 is 0. The summed E-state index contributed by atoms with van der Waals surface area (Å²) in [5.41, 5.74) is 5.17. The van der Waals surface area contributed by atoms with Crippen molar-refractivity contribution in [3.63, 3.8) is 0 Å². The van der Waals surface area contributed by atoms with Crippen LogP contribution in [-0.2, 0) is 9.84 Å². The van der Waals surface area contributed by atoms with Crippen molar-refractivity contribution in [2.24, 2.45) is 5.73 Å². The molecule has 0 heterocycles. The van der Waals surface area contributed by atoms with Crippen LogP contribution in [-0.4, -0.2) is 33.1 Å². The van der Waals surface area contributed by atoms with Gasteiger partial charge in [-0.3, -0.25) is 4.39 Å². The van der Waals surface area contributed by atoms with Crippen LogP contribution in [0.5, 0.6) is 0 Å². The second-order valence-corrected chi connectivity index (χ2v) is 4.99. The third-order valence-corrected chi connectivity index (χ3v) is 3.32. The van der Waals surface area contributed by atoms with Crippen LogP contribution in [0.15, 0.2) is 0 Å². The van der Waals surface area contributed by atoms with Gasteiger partial charge < -0.3 is 5.73 Å². The van der Waals surface area contributed by atoms with Crippen LogP contribution in [0, 0.1) is 0 Å². The number of nitrogens with two attached hydrogens (primary N) is 1. The summed E-state index contributed by atoms with van der Waals surface area (Å²) in [5, 5.41) is 0. The fourth-order valence-corrected chi connectivity index (χ4v) is 2.28. The number of hydrogen-bond donors (Lipinski definition) is 1. The second kappa shape index (κ2) is 6.37. The van der Waals surface area contributed by atoms with Crippen molar-refractivity contribution < 1.29 is 12.8 Å². The van der Waals surface area contributed by atoms with E-state index in [1.165, 1.54) is 0 Å². The zero-order valence-corrected chi connectivity index (χ0v) is 7.95. The standard InChI is InChI=1S/C7H16FNO2S/c8-4-1-2-6-12(10,11)7-3-5-9/h1-7,9H2. The Morgan fingerprint density at radius 3 is 2.17 bits per heavy atom. The summed E-state index contributed by atoms with van der Waals surface area (Å²) in [5.74, 6) is 0.229. The molecule has 0 radical (unpaired) electrons. The van der Waals surface area contributed by atoms with Crippen molar-refractivity contribution in [3.8, 4) is 0 Å². The van der Waals surface area contributed by atoms with E-state index in [2.05, 4.69) is 0 Å². The Labute approximate surface area is 73.1 Å². The Kier molecular flexibility index (Phi) is 6.28. The summed E-state index contributed by atoms with van der Waals surface area (Å²) < 4.78 is 33.8. The van der Waals surface area contributed by atoms with Gasteiger partial charge in [0.15, 0.2) is 0 Å². The van der Waals surface area contributed by atoms with Gasteiger partial charge in [0.05, 0.1) is 18.2 Å². The molecule has 5 heteroatoms. The van der Waals surface area contributed by atoms with Gasteiger partial charge in [0.25, 0.3) is 0 Å². The largest absolute Gasteiger partial charge is 0.330 e. The summed E-state index contributed by atoms with van der Waals surface area (Å²) in [7, 11) is -2.96. The molecular formula is C7H16FNO2S. The highest BCUT2D eigenvalue weighted by Gasteiger charge is 2.08. The monoisotopic (exact) mass is 197 g/mol. The third kappa shape index (κ3) is 6.54. The molecule has 3 nitrogen and oxygen atoms in total. The van der Waals surface area contributed by atoms with E-state index in [1.54, 1.807) is 0 Å². The molecular weight excluding hydrogens is 181 g/mol. The van der Waals surface area contributed by atoms with Crippen LogP contribution in [0.25, 0.3) is 0 Å². The van der Waals surface area contributed by atoms with Gasteiger partial charge in [-0.25, -0.2) is 8.42 Å². The first-order valence-corrected chi connectivity index (χ1v) is 5.91. The number of sulfone groups is 1. The van der Waals surface area contributed by atoms with Crippen molar-refractivity contribution in [2.75, 3.05) is 24.7 Å². The van der Waals surface area contributed by atoms with Gasteiger partial charge in [0.2, 0.25) is 0 Å². The van der Waals surface area contributed by atoms with Gasteiger partial charge in [0, 0.05) is 0 Å². The molecule has 0 saturated carbocycles. The van der Waals surface area contributed by atoms with Gasteiger partial charge in [0.1, 0.15) is 9.84 Å². The Balaban J connectivity index is 3.58. The number of hydrogen-bond acceptors (Lipinski definition) is 3. The molecule has 0 aromatic heterocycles. The van der Waals surface area contributed by atoms with Crippen molar-refractivity contribution in [1.29, 1.82) is 0 Å². The van der Waals surface area contributed by atoms with Gasteiger partial charge in [-0.2, -0.15) is 0 Å². The molecule has 0 aromatic carbocycles. The molecule has 0 unspecified atom stereocenters. The highest BCUT2D eigenvalue weighted by Crippen LogP contribution is 1.99. The van der Waals surface area contributed by atoms with Gasteiger partial charge in [-0.1, -0.05) is 0 Å². The van der Waals surface area contributed by atoms with Crippen molar-refractivity contribution in [3.05, 3.63) is 0 Å². The second-order valence-electron chi connectivity index (χ2n) is 2.69. The normalized spacial score (nSPS) is 11.8. The van der Waals surface area contributed by atoms with E-state index in [1.807, 2.05) is 0 Å². The van der Waals surface area contributed by atoms with Gasteiger partial charge in [-0.05, 0) is 25.8 Å². The SMILES string of the molecule is NCCCS(=O)(=O)CCCCF. The lowest BCUT2D eigenvalue weighted by molar-refractivity contribution is 0.468. The van der Waals surface area contributed by atoms with Crippen molar-refractivity contribution in [2.45, 2.75) is 19.3 Å². The molecule has 0 bridgehead atoms. The molecule has 0 aliphatic carbocycles. The summed E-state index contributed by atoms with van der Waals surface area (Å²) in [6.07, 6.45) is 1.25. The number of halogens is 1. The Morgan fingerprint density at radius 1 is 1.08 bits per heavy atom. The molecule has 12 heavy (non-hydrogen) atoms. The summed E-state index contributed by atoms with van der Waals surface area (Å²) in [6.45, 7) is -0.0469.